The quantitative estimate of drug-likeness (QED) is 0.733. The van der Waals surface area contributed by atoms with Gasteiger partial charge in [0.25, 0.3) is 0 Å². The third-order valence-electron chi connectivity index (χ3n) is 3.48. The summed E-state index contributed by atoms with van der Waals surface area (Å²) in [6.07, 6.45) is 0.412. The molecule has 7 heteroatoms. The molecule has 1 amide bonds. The van der Waals surface area contributed by atoms with Gasteiger partial charge in [0.1, 0.15) is 0 Å². The van der Waals surface area contributed by atoms with Gasteiger partial charge in [0.2, 0.25) is 5.91 Å². The molecule has 1 saturated heterocycles. The Kier molecular flexibility index (Phi) is 5.88. The van der Waals surface area contributed by atoms with E-state index in [4.69, 9.17) is 9.84 Å². The highest BCUT2D eigenvalue weighted by Crippen LogP contribution is 2.27. The molecule has 22 heavy (non-hydrogen) atoms. The third kappa shape index (κ3) is 4.72. The Hall–Kier alpha value is -1.05. The van der Waals surface area contributed by atoms with Crippen molar-refractivity contribution in [3.8, 4) is 0 Å². The Morgan fingerprint density at radius 1 is 1.45 bits per heavy atom. The molecule has 0 bridgehead atoms. The lowest BCUT2D eigenvalue weighted by atomic mass is 9.94. The van der Waals surface area contributed by atoms with Crippen molar-refractivity contribution in [2.75, 3.05) is 13.2 Å². The van der Waals surface area contributed by atoms with Crippen LogP contribution < -0.4 is 5.32 Å². The van der Waals surface area contributed by atoms with E-state index in [1.165, 1.54) is 11.8 Å². The Bertz CT molecular complexity index is 543. The Morgan fingerprint density at radius 3 is 2.68 bits per heavy atom. The number of thioether (sulfide) groups is 1. The SMILES string of the molecule is CC(Sc1ccc(Br)cc1)C(=O)NC1(CC(=O)O)CCOC1. The molecule has 1 aromatic carbocycles. The molecule has 1 aromatic rings. The molecule has 5 nitrogen and oxygen atoms in total. The number of halogens is 1. The van der Waals surface area contributed by atoms with Crippen LogP contribution in [0.4, 0.5) is 0 Å². The second-order valence-electron chi connectivity index (χ2n) is 5.36. The number of ether oxygens (including phenoxy) is 1. The van der Waals surface area contributed by atoms with E-state index in [1.807, 2.05) is 31.2 Å². The minimum atomic E-state index is -0.931. The molecule has 1 aliphatic heterocycles. The largest absolute Gasteiger partial charge is 0.481 e. The van der Waals surface area contributed by atoms with E-state index in [-0.39, 0.29) is 24.2 Å². The van der Waals surface area contributed by atoms with Gasteiger partial charge >= 0.3 is 5.97 Å². The van der Waals surface area contributed by atoms with Crippen LogP contribution >= 0.6 is 27.7 Å². The maximum Gasteiger partial charge on any atom is 0.305 e. The molecule has 2 atom stereocenters. The highest BCUT2D eigenvalue weighted by molar-refractivity contribution is 9.10. The second kappa shape index (κ2) is 7.48. The summed E-state index contributed by atoms with van der Waals surface area (Å²) in [5.74, 6) is -1.10. The average molecular weight is 388 g/mol. The lowest BCUT2D eigenvalue weighted by Crippen LogP contribution is -2.52. The van der Waals surface area contributed by atoms with Crippen molar-refractivity contribution in [2.24, 2.45) is 0 Å². The predicted octanol–water partition coefficient (Wildman–Crippen LogP) is 2.68. The fourth-order valence-corrected chi connectivity index (χ4v) is 3.44. The van der Waals surface area contributed by atoms with E-state index < -0.39 is 11.5 Å². The van der Waals surface area contributed by atoms with Crippen LogP contribution in [0.2, 0.25) is 0 Å². The molecule has 2 N–H and O–H groups in total. The number of hydrogen-bond donors (Lipinski definition) is 2. The van der Waals surface area contributed by atoms with Gasteiger partial charge in [0, 0.05) is 16.0 Å². The molecule has 0 aromatic heterocycles. The number of carbonyl (C=O) groups is 2. The van der Waals surface area contributed by atoms with Gasteiger partial charge in [-0.25, -0.2) is 0 Å². The number of rotatable bonds is 6. The summed E-state index contributed by atoms with van der Waals surface area (Å²) in [5.41, 5.74) is -0.780. The monoisotopic (exact) mass is 387 g/mol. The number of carboxylic acids is 1. The van der Waals surface area contributed by atoms with Crippen molar-refractivity contribution < 1.29 is 19.4 Å². The fourth-order valence-electron chi connectivity index (χ4n) is 2.31. The number of amides is 1. The van der Waals surface area contributed by atoms with Crippen molar-refractivity contribution in [1.29, 1.82) is 0 Å². The van der Waals surface area contributed by atoms with Crippen LogP contribution in [0.3, 0.4) is 0 Å². The minimum Gasteiger partial charge on any atom is -0.481 e. The van der Waals surface area contributed by atoms with E-state index >= 15 is 0 Å². The molecular formula is C15H18BrNO4S. The molecular weight excluding hydrogens is 370 g/mol. The van der Waals surface area contributed by atoms with Crippen molar-refractivity contribution >= 4 is 39.6 Å². The number of nitrogens with one attached hydrogen (secondary N) is 1. The number of benzene rings is 1. The van der Waals surface area contributed by atoms with E-state index in [1.54, 1.807) is 0 Å². The van der Waals surface area contributed by atoms with E-state index in [0.29, 0.717) is 13.0 Å². The average Bonchev–Trinajstić information content (AvgIpc) is 2.88. The van der Waals surface area contributed by atoms with Gasteiger partial charge in [-0.1, -0.05) is 15.9 Å². The Balaban J connectivity index is 1.97. The minimum absolute atomic E-state index is 0.117. The molecule has 2 unspecified atom stereocenters. The van der Waals surface area contributed by atoms with Gasteiger partial charge in [-0.2, -0.15) is 0 Å². The first kappa shape index (κ1) is 17.3. The number of aliphatic carboxylic acids is 1. The molecule has 0 saturated carbocycles. The Labute approximate surface area is 141 Å². The van der Waals surface area contributed by atoms with Gasteiger partial charge in [-0.3, -0.25) is 9.59 Å². The van der Waals surface area contributed by atoms with Crippen LogP contribution in [0.5, 0.6) is 0 Å². The van der Waals surface area contributed by atoms with Gasteiger partial charge in [0.15, 0.2) is 0 Å². The Morgan fingerprint density at radius 2 is 2.14 bits per heavy atom. The summed E-state index contributed by atoms with van der Waals surface area (Å²) < 4.78 is 6.27. The third-order valence-corrected chi connectivity index (χ3v) is 5.12. The first-order valence-electron chi connectivity index (χ1n) is 6.94. The van der Waals surface area contributed by atoms with Crippen molar-refractivity contribution in [1.82, 2.24) is 5.32 Å². The van der Waals surface area contributed by atoms with Crippen LogP contribution in [-0.2, 0) is 14.3 Å². The van der Waals surface area contributed by atoms with Crippen LogP contribution in [0, 0.1) is 0 Å². The lowest BCUT2D eigenvalue weighted by molar-refractivity contribution is -0.139. The lowest BCUT2D eigenvalue weighted by Gasteiger charge is -2.28. The molecule has 1 fully saturated rings. The van der Waals surface area contributed by atoms with Gasteiger partial charge < -0.3 is 15.2 Å². The molecule has 2 rings (SSSR count). The standard InChI is InChI=1S/C15H18BrNO4S/c1-10(22-12-4-2-11(16)3-5-12)14(20)17-15(8-13(18)19)6-7-21-9-15/h2-5,10H,6-9H2,1H3,(H,17,20)(H,18,19). The summed E-state index contributed by atoms with van der Waals surface area (Å²) in [6, 6.07) is 7.71. The maximum absolute atomic E-state index is 12.4. The zero-order valence-electron chi connectivity index (χ0n) is 12.2. The molecule has 1 aliphatic rings. The topological polar surface area (TPSA) is 75.6 Å². The molecule has 0 aliphatic carbocycles. The van der Waals surface area contributed by atoms with Crippen LogP contribution in [0.25, 0.3) is 0 Å². The van der Waals surface area contributed by atoms with Crippen LogP contribution in [-0.4, -0.2) is 41.0 Å². The van der Waals surface area contributed by atoms with Crippen LogP contribution in [0.1, 0.15) is 19.8 Å². The fraction of sp³-hybridized carbons (Fsp3) is 0.467. The van der Waals surface area contributed by atoms with Gasteiger partial charge in [-0.05, 0) is 37.6 Å². The zero-order chi connectivity index (χ0) is 16.2. The number of carboxylic acid groups (broad SMARTS) is 1. The number of carbonyl (C=O) groups excluding carboxylic acids is 1. The molecule has 0 radical (unpaired) electrons. The van der Waals surface area contributed by atoms with E-state index in [0.717, 1.165) is 9.37 Å². The van der Waals surface area contributed by atoms with E-state index in [2.05, 4.69) is 21.2 Å². The van der Waals surface area contributed by atoms with E-state index in [9.17, 15) is 9.59 Å². The molecule has 120 valence electrons. The summed E-state index contributed by atoms with van der Waals surface area (Å²) >= 11 is 4.81. The van der Waals surface area contributed by atoms with Crippen LogP contribution in [0.15, 0.2) is 33.6 Å². The zero-order valence-corrected chi connectivity index (χ0v) is 14.6. The van der Waals surface area contributed by atoms with Gasteiger partial charge in [-0.15, -0.1) is 11.8 Å². The summed E-state index contributed by atoms with van der Waals surface area (Å²) in [7, 11) is 0. The molecule has 0 spiro atoms. The van der Waals surface area contributed by atoms with Crippen molar-refractivity contribution in [2.45, 2.75) is 35.4 Å². The highest BCUT2D eigenvalue weighted by atomic mass is 79.9. The normalized spacial score (nSPS) is 22.3. The van der Waals surface area contributed by atoms with Crippen molar-refractivity contribution in [3.05, 3.63) is 28.7 Å². The highest BCUT2D eigenvalue weighted by Gasteiger charge is 2.39. The number of hydrogen-bond acceptors (Lipinski definition) is 4. The first-order chi connectivity index (χ1) is 10.4. The summed E-state index contributed by atoms with van der Waals surface area (Å²) in [4.78, 5) is 24.4. The van der Waals surface area contributed by atoms with Crippen molar-refractivity contribution in [3.63, 3.8) is 0 Å². The van der Waals surface area contributed by atoms with Gasteiger partial charge in [0.05, 0.1) is 23.8 Å². The first-order valence-corrected chi connectivity index (χ1v) is 8.61. The molecule has 1 heterocycles. The predicted molar refractivity (Wildman–Crippen MR) is 88.0 cm³/mol. The smallest absolute Gasteiger partial charge is 0.305 e. The summed E-state index contributed by atoms with van der Waals surface area (Å²) in [5, 5.41) is 11.6. The summed E-state index contributed by atoms with van der Waals surface area (Å²) in [6.45, 7) is 2.54. The second-order valence-corrected chi connectivity index (χ2v) is 7.69. The maximum atomic E-state index is 12.4.